The Morgan fingerprint density at radius 2 is 2.00 bits per heavy atom. The van der Waals surface area contributed by atoms with Crippen molar-refractivity contribution in [1.29, 1.82) is 0 Å². The van der Waals surface area contributed by atoms with Gasteiger partial charge in [-0.2, -0.15) is 0 Å². The fourth-order valence-electron chi connectivity index (χ4n) is 3.10. The van der Waals surface area contributed by atoms with E-state index in [9.17, 15) is 4.79 Å². The molecule has 0 spiro atoms. The topological polar surface area (TPSA) is 90.2 Å². The highest BCUT2D eigenvalue weighted by Crippen LogP contribution is 2.36. The average Bonchev–Trinajstić information content (AvgIpc) is 3.45. The lowest BCUT2D eigenvalue weighted by Crippen LogP contribution is -2.13. The molecule has 2 aromatic heterocycles. The predicted molar refractivity (Wildman–Crippen MR) is 104 cm³/mol. The molecule has 8 heteroatoms. The summed E-state index contributed by atoms with van der Waals surface area (Å²) in [7, 11) is 0. The third-order valence-electron chi connectivity index (χ3n) is 4.53. The number of rotatable bonds is 5. The highest BCUT2D eigenvalue weighted by atomic mass is 32.2. The third-order valence-corrected chi connectivity index (χ3v) is 5.46. The molecule has 2 aromatic carbocycles. The van der Waals surface area contributed by atoms with Crippen LogP contribution in [0.2, 0.25) is 0 Å². The normalized spacial score (nSPS) is 13.8. The number of benzene rings is 2. The molecule has 0 saturated heterocycles. The number of aromatic amines is 1. The molecular weight excluding hydrogens is 378 g/mol. The van der Waals surface area contributed by atoms with Crippen LogP contribution >= 0.6 is 11.8 Å². The first-order valence-electron chi connectivity index (χ1n) is 8.69. The molecule has 0 bridgehead atoms. The van der Waals surface area contributed by atoms with E-state index in [1.807, 2.05) is 37.3 Å². The second kappa shape index (κ2) is 6.72. The van der Waals surface area contributed by atoms with Crippen molar-refractivity contribution in [2.24, 2.45) is 0 Å². The number of aromatic nitrogens is 3. The summed E-state index contributed by atoms with van der Waals surface area (Å²) in [5, 5.41) is 9.03. The van der Waals surface area contributed by atoms with E-state index in [1.165, 1.54) is 11.8 Å². The van der Waals surface area contributed by atoms with Gasteiger partial charge < -0.3 is 18.9 Å². The van der Waals surface area contributed by atoms with Crippen molar-refractivity contribution >= 4 is 28.4 Å². The number of para-hydroxylation sites is 1. The number of hydrogen-bond donors (Lipinski definition) is 1. The van der Waals surface area contributed by atoms with Crippen molar-refractivity contribution in [1.82, 2.24) is 15.2 Å². The summed E-state index contributed by atoms with van der Waals surface area (Å²) in [6.07, 6.45) is 1.75. The van der Waals surface area contributed by atoms with E-state index in [2.05, 4.69) is 15.2 Å². The molecule has 0 aliphatic carbocycles. The zero-order chi connectivity index (χ0) is 19.1. The van der Waals surface area contributed by atoms with Gasteiger partial charge in [-0.3, -0.25) is 4.79 Å². The number of carbonyl (C=O) groups excluding carboxylic acids is 1. The number of hydrogen-bond acceptors (Lipinski definition) is 7. The van der Waals surface area contributed by atoms with Gasteiger partial charge in [0.15, 0.2) is 17.3 Å². The lowest BCUT2D eigenvalue weighted by Gasteiger charge is -2.06. The smallest absolute Gasteiger partial charge is 0.277 e. The first-order chi connectivity index (χ1) is 13.7. The number of Topliss-reactive ketones (excluding diaryl/α,β-unsaturated/α-hetero) is 1. The van der Waals surface area contributed by atoms with Crippen LogP contribution in [-0.2, 0) is 0 Å². The molecule has 4 aromatic rings. The van der Waals surface area contributed by atoms with Gasteiger partial charge in [0.2, 0.25) is 12.7 Å². The number of nitrogens with one attached hydrogen (secondary N) is 1. The number of nitrogens with zero attached hydrogens (tertiary/aromatic N) is 2. The number of carbonyl (C=O) groups is 1. The quantitative estimate of drug-likeness (QED) is 0.399. The van der Waals surface area contributed by atoms with E-state index in [0.29, 0.717) is 28.2 Å². The molecule has 0 fully saturated rings. The lowest BCUT2D eigenvalue weighted by atomic mass is 10.1. The zero-order valence-corrected chi connectivity index (χ0v) is 15.7. The monoisotopic (exact) mass is 393 g/mol. The summed E-state index contributed by atoms with van der Waals surface area (Å²) in [6, 6.07) is 13.2. The minimum Gasteiger partial charge on any atom is -0.454 e. The SMILES string of the molecule is C[C@H](Sc1nnc(-c2ccc3c(c2)OCO3)o1)C(=O)c1c[nH]c2ccccc12. The van der Waals surface area contributed by atoms with Gasteiger partial charge in [0.05, 0.1) is 5.25 Å². The summed E-state index contributed by atoms with van der Waals surface area (Å²) in [4.78, 5) is 16.0. The highest BCUT2D eigenvalue weighted by Gasteiger charge is 2.23. The van der Waals surface area contributed by atoms with Crippen LogP contribution in [0, 0.1) is 0 Å². The van der Waals surface area contributed by atoms with Crippen molar-refractivity contribution in [2.75, 3.05) is 6.79 Å². The lowest BCUT2D eigenvalue weighted by molar-refractivity contribution is 0.0995. The first kappa shape index (κ1) is 16.9. The minimum absolute atomic E-state index is 0.00489. The van der Waals surface area contributed by atoms with Crippen LogP contribution in [0.1, 0.15) is 17.3 Å². The van der Waals surface area contributed by atoms with E-state index in [4.69, 9.17) is 13.9 Å². The van der Waals surface area contributed by atoms with Gasteiger partial charge in [0.25, 0.3) is 5.22 Å². The van der Waals surface area contributed by atoms with Gasteiger partial charge in [-0.25, -0.2) is 0 Å². The summed E-state index contributed by atoms with van der Waals surface area (Å²) in [5.74, 6) is 1.71. The fourth-order valence-corrected chi connectivity index (χ4v) is 3.85. The van der Waals surface area contributed by atoms with Crippen molar-refractivity contribution in [3.63, 3.8) is 0 Å². The predicted octanol–water partition coefficient (Wildman–Crippen LogP) is 4.31. The Labute approximate surface area is 164 Å². The molecule has 0 saturated carbocycles. The molecule has 0 amide bonds. The third kappa shape index (κ3) is 2.91. The van der Waals surface area contributed by atoms with Crippen molar-refractivity contribution in [3.05, 3.63) is 54.2 Å². The van der Waals surface area contributed by atoms with E-state index < -0.39 is 0 Å². The molecule has 3 heterocycles. The van der Waals surface area contributed by atoms with Gasteiger partial charge in [-0.15, -0.1) is 10.2 Å². The molecule has 28 heavy (non-hydrogen) atoms. The average molecular weight is 393 g/mol. The Morgan fingerprint density at radius 1 is 1.14 bits per heavy atom. The van der Waals surface area contributed by atoms with Crippen LogP contribution in [0.25, 0.3) is 22.4 Å². The maximum atomic E-state index is 12.9. The molecule has 0 unspecified atom stereocenters. The van der Waals surface area contributed by atoms with Crippen LogP contribution < -0.4 is 9.47 Å². The van der Waals surface area contributed by atoms with Crippen LogP contribution in [0.15, 0.2) is 58.3 Å². The highest BCUT2D eigenvalue weighted by molar-refractivity contribution is 8.00. The van der Waals surface area contributed by atoms with Gasteiger partial charge in [-0.05, 0) is 31.2 Å². The summed E-state index contributed by atoms with van der Waals surface area (Å²) < 4.78 is 16.4. The molecular formula is C20H15N3O4S. The molecule has 140 valence electrons. The van der Waals surface area contributed by atoms with Crippen molar-refractivity contribution < 1.29 is 18.7 Å². The number of fused-ring (bicyclic) bond motifs is 2. The maximum absolute atomic E-state index is 12.9. The molecule has 1 aliphatic rings. The Kier molecular flexibility index (Phi) is 4.05. The van der Waals surface area contributed by atoms with Crippen LogP contribution in [0.5, 0.6) is 11.5 Å². The Balaban J connectivity index is 1.34. The molecule has 0 radical (unpaired) electrons. The van der Waals surface area contributed by atoms with Crippen molar-refractivity contribution in [2.45, 2.75) is 17.4 Å². The molecule has 5 rings (SSSR count). The number of ether oxygens (including phenoxy) is 2. The maximum Gasteiger partial charge on any atom is 0.277 e. The van der Waals surface area contributed by atoms with Crippen LogP contribution in [0.4, 0.5) is 0 Å². The van der Waals surface area contributed by atoms with Crippen molar-refractivity contribution in [3.8, 4) is 23.0 Å². The Bertz CT molecular complexity index is 1180. The zero-order valence-electron chi connectivity index (χ0n) is 14.8. The minimum atomic E-state index is -0.371. The second-order valence-electron chi connectivity index (χ2n) is 6.31. The van der Waals surface area contributed by atoms with E-state index in [-0.39, 0.29) is 17.8 Å². The molecule has 7 nitrogen and oxygen atoms in total. The number of ketones is 1. The van der Waals surface area contributed by atoms with E-state index in [1.54, 1.807) is 18.3 Å². The van der Waals surface area contributed by atoms with E-state index >= 15 is 0 Å². The fraction of sp³-hybridized carbons (Fsp3) is 0.150. The molecule has 1 atom stereocenters. The van der Waals surface area contributed by atoms with Gasteiger partial charge in [-0.1, -0.05) is 30.0 Å². The second-order valence-corrected chi connectivity index (χ2v) is 7.61. The van der Waals surface area contributed by atoms with Gasteiger partial charge in [0, 0.05) is 28.2 Å². The molecule has 1 aliphatic heterocycles. The Morgan fingerprint density at radius 3 is 2.93 bits per heavy atom. The summed E-state index contributed by atoms with van der Waals surface area (Å²) in [6.45, 7) is 2.04. The largest absolute Gasteiger partial charge is 0.454 e. The van der Waals surface area contributed by atoms with Crippen LogP contribution in [-0.4, -0.2) is 33.0 Å². The van der Waals surface area contributed by atoms with E-state index in [0.717, 1.165) is 16.5 Å². The van der Waals surface area contributed by atoms with Gasteiger partial charge in [0.1, 0.15) is 0 Å². The Hall–Kier alpha value is -3.26. The summed E-state index contributed by atoms with van der Waals surface area (Å²) in [5.41, 5.74) is 2.33. The van der Waals surface area contributed by atoms with Gasteiger partial charge >= 0.3 is 0 Å². The summed E-state index contributed by atoms with van der Waals surface area (Å²) >= 11 is 1.24. The molecule has 1 N–H and O–H groups in total. The standard InChI is InChI=1S/C20H15N3O4S/c1-11(18(24)14-9-21-15-5-3-2-4-13(14)15)28-20-23-22-19(27-20)12-6-7-16-17(8-12)26-10-25-16/h2-9,11,21H,10H2,1H3/t11-/m0/s1. The van der Waals surface area contributed by atoms with Crippen LogP contribution in [0.3, 0.4) is 0 Å². The first-order valence-corrected chi connectivity index (χ1v) is 9.57. The number of thioether (sulfide) groups is 1. The number of H-pyrrole nitrogens is 1.